The highest BCUT2D eigenvalue weighted by Crippen LogP contribution is 2.13. The molecule has 0 aliphatic heterocycles. The minimum Gasteiger partial charge on any atom is -0.481 e. The Labute approximate surface area is 111 Å². The summed E-state index contributed by atoms with van der Waals surface area (Å²) in [5.41, 5.74) is 1.17. The lowest BCUT2D eigenvalue weighted by Gasteiger charge is -2.04. The van der Waals surface area contributed by atoms with Gasteiger partial charge in [-0.05, 0) is 31.3 Å². The molecule has 2 N–H and O–H groups in total. The zero-order valence-electron chi connectivity index (χ0n) is 11.7. The monoisotopic (exact) mass is 256 g/mol. The van der Waals surface area contributed by atoms with Gasteiger partial charge in [0.05, 0.1) is 6.61 Å². The smallest absolute Gasteiger partial charge is 0.303 e. The second kappa shape index (κ2) is 12.6. The third-order valence-electron chi connectivity index (χ3n) is 3.06. The normalized spacial score (nSPS) is 11.8. The van der Waals surface area contributed by atoms with Gasteiger partial charge in [-0.25, -0.2) is 0 Å². The van der Waals surface area contributed by atoms with Gasteiger partial charge < -0.3 is 10.2 Å². The summed E-state index contributed by atoms with van der Waals surface area (Å²) in [7, 11) is 0. The Morgan fingerprint density at radius 1 is 1.00 bits per heavy atom. The number of unbranched alkanes of at least 4 members (excludes halogenated alkanes) is 6. The van der Waals surface area contributed by atoms with Crippen molar-refractivity contribution in [1.82, 2.24) is 0 Å². The molecular weight excluding hydrogens is 228 g/mol. The van der Waals surface area contributed by atoms with Gasteiger partial charge in [0, 0.05) is 6.42 Å². The number of aliphatic carboxylic acids is 1. The van der Waals surface area contributed by atoms with E-state index in [-0.39, 0.29) is 6.61 Å². The second-order valence-electron chi connectivity index (χ2n) is 4.82. The minimum atomic E-state index is -0.691. The molecule has 106 valence electrons. The Hall–Kier alpha value is -0.830. The molecule has 0 radical (unpaired) electrons. The second-order valence-corrected chi connectivity index (χ2v) is 4.82. The van der Waals surface area contributed by atoms with Crippen LogP contribution in [0.3, 0.4) is 0 Å². The van der Waals surface area contributed by atoms with E-state index in [2.05, 4.69) is 13.0 Å². The van der Waals surface area contributed by atoms with Crippen molar-refractivity contribution in [3.63, 3.8) is 0 Å². The highest BCUT2D eigenvalue weighted by atomic mass is 16.4. The average Bonchev–Trinajstić information content (AvgIpc) is 2.35. The fourth-order valence-electron chi connectivity index (χ4n) is 1.93. The van der Waals surface area contributed by atoms with Crippen LogP contribution in [0.1, 0.15) is 71.1 Å². The van der Waals surface area contributed by atoms with E-state index in [1.807, 2.05) is 0 Å². The number of aliphatic hydroxyl groups excluding tert-OH is 1. The van der Waals surface area contributed by atoms with Gasteiger partial charge in [-0.1, -0.05) is 45.1 Å². The van der Waals surface area contributed by atoms with Crippen molar-refractivity contribution in [1.29, 1.82) is 0 Å². The first-order valence-electron chi connectivity index (χ1n) is 7.21. The van der Waals surface area contributed by atoms with E-state index in [1.165, 1.54) is 18.4 Å². The third-order valence-corrected chi connectivity index (χ3v) is 3.06. The minimum absolute atomic E-state index is 0.193. The molecule has 3 nitrogen and oxygen atoms in total. The molecule has 3 heteroatoms. The molecule has 18 heavy (non-hydrogen) atoms. The molecule has 0 aliphatic rings. The van der Waals surface area contributed by atoms with Gasteiger partial charge in [-0.3, -0.25) is 4.79 Å². The molecule has 0 fully saturated rings. The van der Waals surface area contributed by atoms with Crippen LogP contribution in [0.15, 0.2) is 11.6 Å². The maximum Gasteiger partial charge on any atom is 0.303 e. The van der Waals surface area contributed by atoms with Gasteiger partial charge in [0.25, 0.3) is 0 Å². The zero-order chi connectivity index (χ0) is 13.6. The highest BCUT2D eigenvalue weighted by molar-refractivity contribution is 5.66. The lowest BCUT2D eigenvalue weighted by atomic mass is 10.0. The van der Waals surface area contributed by atoms with E-state index in [9.17, 15) is 4.79 Å². The summed E-state index contributed by atoms with van der Waals surface area (Å²) in [4.78, 5) is 10.3. The van der Waals surface area contributed by atoms with Crippen molar-refractivity contribution < 1.29 is 15.0 Å². The van der Waals surface area contributed by atoms with E-state index in [0.29, 0.717) is 6.42 Å². The van der Waals surface area contributed by atoms with Crippen molar-refractivity contribution in [3.05, 3.63) is 11.6 Å². The molecule has 0 aromatic carbocycles. The lowest BCUT2D eigenvalue weighted by Crippen LogP contribution is -1.94. The predicted octanol–water partition coefficient (Wildman–Crippen LogP) is 3.91. The number of carboxylic acids is 1. The summed E-state index contributed by atoms with van der Waals surface area (Å²) in [5.74, 6) is -0.691. The third kappa shape index (κ3) is 11.6. The van der Waals surface area contributed by atoms with Crippen molar-refractivity contribution in [2.45, 2.75) is 71.1 Å². The first-order chi connectivity index (χ1) is 8.70. The van der Waals surface area contributed by atoms with E-state index in [4.69, 9.17) is 10.2 Å². The fraction of sp³-hybridized carbons (Fsp3) is 0.800. The summed E-state index contributed by atoms with van der Waals surface area (Å²) < 4.78 is 0. The maximum atomic E-state index is 10.3. The molecule has 0 saturated carbocycles. The summed E-state index contributed by atoms with van der Waals surface area (Å²) in [6.07, 6.45) is 12.1. The van der Waals surface area contributed by atoms with Gasteiger partial charge >= 0.3 is 5.97 Å². The maximum absolute atomic E-state index is 10.3. The summed E-state index contributed by atoms with van der Waals surface area (Å²) >= 11 is 0. The predicted molar refractivity (Wildman–Crippen MR) is 74.6 cm³/mol. The molecule has 0 bridgehead atoms. The molecule has 0 aliphatic carbocycles. The number of aliphatic hydroxyl groups is 1. The summed E-state index contributed by atoms with van der Waals surface area (Å²) in [6.45, 7) is 2.33. The first-order valence-corrected chi connectivity index (χ1v) is 7.21. The van der Waals surface area contributed by atoms with E-state index >= 15 is 0 Å². The van der Waals surface area contributed by atoms with Crippen LogP contribution >= 0.6 is 0 Å². The number of carboxylic acid groups (broad SMARTS) is 1. The molecule has 0 amide bonds. The Morgan fingerprint density at radius 2 is 1.56 bits per heavy atom. The Bertz CT molecular complexity index is 234. The highest BCUT2D eigenvalue weighted by Gasteiger charge is 1.98. The number of hydrogen-bond acceptors (Lipinski definition) is 2. The Morgan fingerprint density at radius 3 is 2.06 bits per heavy atom. The van der Waals surface area contributed by atoms with Crippen LogP contribution in [-0.4, -0.2) is 22.8 Å². The van der Waals surface area contributed by atoms with Crippen LogP contribution in [0, 0.1) is 0 Å². The number of rotatable bonds is 12. The van der Waals surface area contributed by atoms with Gasteiger partial charge in [-0.2, -0.15) is 0 Å². The van der Waals surface area contributed by atoms with Gasteiger partial charge in [0.1, 0.15) is 0 Å². The molecule has 0 aromatic heterocycles. The van der Waals surface area contributed by atoms with Gasteiger partial charge in [0.2, 0.25) is 0 Å². The quantitative estimate of drug-likeness (QED) is 0.411. The summed E-state index contributed by atoms with van der Waals surface area (Å²) in [5, 5.41) is 17.6. The van der Waals surface area contributed by atoms with Crippen LogP contribution in [-0.2, 0) is 4.79 Å². The Balaban J connectivity index is 3.35. The lowest BCUT2D eigenvalue weighted by molar-refractivity contribution is -0.137. The van der Waals surface area contributed by atoms with E-state index in [1.54, 1.807) is 0 Å². The molecule has 0 heterocycles. The van der Waals surface area contributed by atoms with Crippen LogP contribution in [0.25, 0.3) is 0 Å². The number of carbonyl (C=O) groups is 1. The molecule has 0 saturated heterocycles. The van der Waals surface area contributed by atoms with E-state index < -0.39 is 5.97 Å². The zero-order valence-corrected chi connectivity index (χ0v) is 11.7. The standard InChI is InChI=1S/C15H28O3/c1-2-3-10-14(13-16)11-8-6-4-5-7-9-12-15(17)18/h10,16H,2-9,11-13H2,1H3,(H,17,18)/b14-10-. The van der Waals surface area contributed by atoms with Gasteiger partial charge in [0.15, 0.2) is 0 Å². The van der Waals surface area contributed by atoms with Crippen LogP contribution in [0.4, 0.5) is 0 Å². The SMILES string of the molecule is CCC/C=C(\CO)CCCCCCCCC(=O)O. The summed E-state index contributed by atoms with van der Waals surface area (Å²) in [6, 6.07) is 0. The molecule has 0 aromatic rings. The largest absolute Gasteiger partial charge is 0.481 e. The molecule has 0 spiro atoms. The first kappa shape index (κ1) is 17.2. The van der Waals surface area contributed by atoms with Crippen LogP contribution in [0.2, 0.25) is 0 Å². The van der Waals surface area contributed by atoms with Crippen LogP contribution < -0.4 is 0 Å². The number of allylic oxidation sites excluding steroid dienone is 1. The fourth-order valence-corrected chi connectivity index (χ4v) is 1.93. The van der Waals surface area contributed by atoms with E-state index in [0.717, 1.165) is 44.9 Å². The van der Waals surface area contributed by atoms with Crippen molar-refractivity contribution in [3.8, 4) is 0 Å². The molecular formula is C15H28O3. The molecule has 0 rings (SSSR count). The van der Waals surface area contributed by atoms with Gasteiger partial charge in [-0.15, -0.1) is 0 Å². The molecule has 0 unspecified atom stereocenters. The average molecular weight is 256 g/mol. The van der Waals surface area contributed by atoms with Crippen LogP contribution in [0.5, 0.6) is 0 Å². The topological polar surface area (TPSA) is 57.5 Å². The Kier molecular flexibility index (Phi) is 12.0. The van der Waals surface area contributed by atoms with Crippen molar-refractivity contribution in [2.75, 3.05) is 6.61 Å². The van der Waals surface area contributed by atoms with Crippen molar-refractivity contribution >= 4 is 5.97 Å². The van der Waals surface area contributed by atoms with Crippen molar-refractivity contribution in [2.24, 2.45) is 0 Å². The number of hydrogen-bond donors (Lipinski definition) is 2. The molecule has 0 atom stereocenters.